The lowest BCUT2D eigenvalue weighted by Gasteiger charge is -2.10. The molecule has 5 heteroatoms. The highest BCUT2D eigenvalue weighted by atomic mass is 35.5. The molecule has 0 amide bonds. The summed E-state index contributed by atoms with van der Waals surface area (Å²) in [6.45, 7) is 4.24. The first kappa shape index (κ1) is 14.2. The monoisotopic (exact) mass is 321 g/mol. The molecule has 0 bridgehead atoms. The molecule has 0 aliphatic heterocycles. The van der Waals surface area contributed by atoms with Gasteiger partial charge in [-0.1, -0.05) is 60.3 Å². The predicted octanol–water partition coefficient (Wildman–Crippen LogP) is 6.05. The minimum Gasteiger partial charge on any atom is -0.251 e. The number of hydrogen-bond acceptors (Lipinski definition) is 1. The molecular weight excluding hydrogens is 312 g/mol. The van der Waals surface area contributed by atoms with Crippen molar-refractivity contribution in [3.05, 3.63) is 37.9 Å². The first-order valence-electron chi connectivity index (χ1n) is 5.52. The zero-order chi connectivity index (χ0) is 13.4. The molecule has 18 heavy (non-hydrogen) atoms. The van der Waals surface area contributed by atoms with E-state index < -0.39 is 0 Å². The van der Waals surface area contributed by atoms with Crippen LogP contribution in [-0.2, 0) is 6.42 Å². The van der Waals surface area contributed by atoms with Crippen molar-refractivity contribution in [1.29, 1.82) is 0 Å². The molecule has 0 saturated carbocycles. The van der Waals surface area contributed by atoms with Gasteiger partial charge in [-0.3, -0.25) is 4.98 Å². The summed E-state index contributed by atoms with van der Waals surface area (Å²) < 4.78 is 0. The number of nitrogens with zero attached hydrogens (tertiary/aromatic N) is 1. The zero-order valence-corrected chi connectivity index (χ0v) is 12.9. The smallest absolute Gasteiger partial charge is 0.0922 e. The molecule has 0 radical (unpaired) electrons. The second-order valence-corrected chi connectivity index (χ2v) is 6.17. The van der Waals surface area contributed by atoms with E-state index in [4.69, 9.17) is 46.4 Å². The maximum Gasteiger partial charge on any atom is 0.0922 e. The summed E-state index contributed by atoms with van der Waals surface area (Å²) in [7, 11) is 0. The van der Waals surface area contributed by atoms with Gasteiger partial charge in [-0.2, -0.15) is 0 Å². The van der Waals surface area contributed by atoms with Gasteiger partial charge in [-0.15, -0.1) is 0 Å². The van der Waals surface area contributed by atoms with Crippen LogP contribution < -0.4 is 0 Å². The largest absolute Gasteiger partial charge is 0.251 e. The number of pyridine rings is 1. The molecule has 0 saturated heterocycles. The summed E-state index contributed by atoms with van der Waals surface area (Å²) in [6.07, 6.45) is 0.840. The van der Waals surface area contributed by atoms with Gasteiger partial charge in [0.1, 0.15) is 0 Å². The van der Waals surface area contributed by atoms with Crippen LogP contribution in [-0.4, -0.2) is 4.98 Å². The van der Waals surface area contributed by atoms with Gasteiger partial charge in [-0.05, 0) is 24.5 Å². The van der Waals surface area contributed by atoms with E-state index in [-0.39, 0.29) is 0 Å². The van der Waals surface area contributed by atoms with Crippen molar-refractivity contribution in [1.82, 2.24) is 4.98 Å². The fourth-order valence-electron chi connectivity index (χ4n) is 1.83. The molecule has 0 aliphatic carbocycles. The highest BCUT2D eigenvalue weighted by molar-refractivity contribution is 6.50. The van der Waals surface area contributed by atoms with Crippen molar-refractivity contribution in [2.24, 2.45) is 5.92 Å². The maximum atomic E-state index is 6.25. The Bertz CT molecular complexity index is 608. The van der Waals surface area contributed by atoms with Gasteiger partial charge < -0.3 is 0 Å². The minimum absolute atomic E-state index is 0.384. The van der Waals surface area contributed by atoms with E-state index in [1.807, 2.05) is 6.07 Å². The Balaban J connectivity index is 2.73. The number of benzene rings is 1. The van der Waals surface area contributed by atoms with Crippen LogP contribution in [0.5, 0.6) is 0 Å². The van der Waals surface area contributed by atoms with E-state index in [0.717, 1.165) is 12.1 Å². The molecule has 96 valence electrons. The van der Waals surface area contributed by atoms with Crippen molar-refractivity contribution in [3.8, 4) is 0 Å². The zero-order valence-electron chi connectivity index (χ0n) is 9.90. The van der Waals surface area contributed by atoms with Crippen LogP contribution in [0.1, 0.15) is 19.5 Å². The lowest BCUT2D eigenvalue weighted by atomic mass is 10.1. The van der Waals surface area contributed by atoms with E-state index in [1.165, 1.54) is 0 Å². The van der Waals surface area contributed by atoms with Gasteiger partial charge in [0.15, 0.2) is 0 Å². The quantitative estimate of drug-likeness (QED) is 0.613. The van der Waals surface area contributed by atoms with Crippen molar-refractivity contribution in [2.75, 3.05) is 0 Å². The first-order chi connectivity index (χ1) is 8.40. The molecule has 1 aromatic carbocycles. The molecule has 2 aromatic rings. The molecule has 0 atom stereocenters. The molecule has 1 aromatic heterocycles. The third-order valence-electron chi connectivity index (χ3n) is 2.55. The number of fused-ring (bicyclic) bond motifs is 1. The third-order valence-corrected chi connectivity index (χ3v) is 3.92. The van der Waals surface area contributed by atoms with E-state index >= 15 is 0 Å². The SMILES string of the molecule is CC(C)Cc1cc(Cl)c2c(Cl)c(Cl)cc(Cl)c2n1. The van der Waals surface area contributed by atoms with Gasteiger partial charge in [0.2, 0.25) is 0 Å². The van der Waals surface area contributed by atoms with Gasteiger partial charge in [-0.25, -0.2) is 0 Å². The van der Waals surface area contributed by atoms with Gasteiger partial charge in [0.05, 0.1) is 25.6 Å². The number of hydrogen-bond donors (Lipinski definition) is 0. The topological polar surface area (TPSA) is 12.9 Å². The van der Waals surface area contributed by atoms with Crippen LogP contribution in [0.25, 0.3) is 10.9 Å². The maximum absolute atomic E-state index is 6.25. The van der Waals surface area contributed by atoms with Gasteiger partial charge in [0, 0.05) is 11.1 Å². The second-order valence-electron chi connectivity index (χ2n) is 4.57. The molecule has 0 N–H and O–H groups in total. The van der Waals surface area contributed by atoms with Crippen LogP contribution in [0.15, 0.2) is 12.1 Å². The highest BCUT2D eigenvalue weighted by Crippen LogP contribution is 2.39. The van der Waals surface area contributed by atoms with Crippen molar-refractivity contribution in [3.63, 3.8) is 0 Å². The highest BCUT2D eigenvalue weighted by Gasteiger charge is 2.14. The number of aromatic nitrogens is 1. The Morgan fingerprint density at radius 2 is 1.67 bits per heavy atom. The normalized spacial score (nSPS) is 11.5. The lowest BCUT2D eigenvalue weighted by molar-refractivity contribution is 0.637. The van der Waals surface area contributed by atoms with E-state index in [1.54, 1.807) is 6.07 Å². The van der Waals surface area contributed by atoms with Crippen LogP contribution in [0.2, 0.25) is 20.1 Å². The van der Waals surface area contributed by atoms with Crippen LogP contribution in [0.3, 0.4) is 0 Å². The molecule has 1 heterocycles. The Morgan fingerprint density at radius 1 is 1.00 bits per heavy atom. The van der Waals surface area contributed by atoms with Crippen LogP contribution in [0.4, 0.5) is 0 Å². The Hall–Kier alpha value is -0.210. The van der Waals surface area contributed by atoms with E-state index in [0.29, 0.717) is 36.9 Å². The fraction of sp³-hybridized carbons (Fsp3) is 0.308. The average molecular weight is 323 g/mol. The first-order valence-corrected chi connectivity index (χ1v) is 7.04. The lowest BCUT2D eigenvalue weighted by Crippen LogP contribution is -1.98. The molecular formula is C13H11Cl4N. The summed E-state index contributed by atoms with van der Waals surface area (Å²) >= 11 is 24.5. The molecule has 0 fully saturated rings. The fourth-order valence-corrected chi connectivity index (χ4v) is 2.94. The summed E-state index contributed by atoms with van der Waals surface area (Å²) in [4.78, 5) is 4.52. The Kier molecular flexibility index (Phi) is 4.28. The predicted molar refractivity (Wildman–Crippen MR) is 80.3 cm³/mol. The summed E-state index contributed by atoms with van der Waals surface area (Å²) in [5, 5.41) is 2.39. The van der Waals surface area contributed by atoms with Gasteiger partial charge >= 0.3 is 0 Å². The average Bonchev–Trinajstić information content (AvgIpc) is 2.24. The number of halogens is 4. The molecule has 0 unspecified atom stereocenters. The van der Waals surface area contributed by atoms with Crippen molar-refractivity contribution >= 4 is 57.3 Å². The number of rotatable bonds is 2. The van der Waals surface area contributed by atoms with Crippen molar-refractivity contribution < 1.29 is 0 Å². The van der Waals surface area contributed by atoms with Crippen molar-refractivity contribution in [2.45, 2.75) is 20.3 Å². The summed E-state index contributed by atoms with van der Waals surface area (Å²) in [5.41, 5.74) is 1.51. The molecule has 0 spiro atoms. The Labute approximate surface area is 126 Å². The molecule has 1 nitrogen and oxygen atoms in total. The van der Waals surface area contributed by atoms with Gasteiger partial charge in [0.25, 0.3) is 0 Å². The van der Waals surface area contributed by atoms with Crippen LogP contribution >= 0.6 is 46.4 Å². The summed E-state index contributed by atoms with van der Waals surface area (Å²) in [5.74, 6) is 0.493. The summed E-state index contributed by atoms with van der Waals surface area (Å²) in [6, 6.07) is 3.42. The minimum atomic E-state index is 0.384. The van der Waals surface area contributed by atoms with E-state index in [9.17, 15) is 0 Å². The molecule has 2 rings (SSSR count). The molecule has 0 aliphatic rings. The third kappa shape index (κ3) is 2.70. The van der Waals surface area contributed by atoms with Crippen LogP contribution in [0, 0.1) is 5.92 Å². The standard InChI is InChI=1S/C13H11Cl4N/c1-6(2)3-7-4-8(14)11-12(17)9(15)5-10(16)13(11)18-7/h4-6H,3H2,1-2H3. The Morgan fingerprint density at radius 3 is 2.28 bits per heavy atom. The van der Waals surface area contributed by atoms with E-state index in [2.05, 4.69) is 18.8 Å². The second kappa shape index (κ2) is 5.42.